The van der Waals surface area contributed by atoms with E-state index < -0.39 is 0 Å². The minimum Gasteiger partial charge on any atom is -0.396 e. The molecule has 0 amide bonds. The predicted molar refractivity (Wildman–Crippen MR) is 69.7 cm³/mol. The molecular weight excluding hydrogens is 196 g/mol. The summed E-state index contributed by atoms with van der Waals surface area (Å²) in [6.07, 6.45) is 8.24. The van der Waals surface area contributed by atoms with E-state index in [0.717, 1.165) is 19.3 Å². The molecule has 0 aliphatic rings. The van der Waals surface area contributed by atoms with Gasteiger partial charge in [0.1, 0.15) is 0 Å². The number of unbranched alkanes of at least 4 members (excludes halogenated alkanes) is 3. The zero-order valence-corrected chi connectivity index (χ0v) is 10.4. The lowest BCUT2D eigenvalue weighted by atomic mass is 10.0. The zero-order chi connectivity index (χ0) is 11.6. The fourth-order valence-corrected chi connectivity index (χ4v) is 1.89. The van der Waals surface area contributed by atoms with Gasteiger partial charge >= 0.3 is 0 Å². The molecule has 0 spiro atoms. The molecule has 0 atom stereocenters. The Morgan fingerprint density at radius 3 is 1.75 bits per heavy atom. The molecule has 1 N–H and O–H groups in total. The molecule has 1 heteroatoms. The van der Waals surface area contributed by atoms with Crippen LogP contribution in [0.15, 0.2) is 24.3 Å². The van der Waals surface area contributed by atoms with Crippen LogP contribution in [0.1, 0.15) is 50.2 Å². The minimum absolute atomic E-state index is 0.315. The monoisotopic (exact) mass is 220 g/mol. The third kappa shape index (κ3) is 5.32. The molecular formula is C15H24O. The highest BCUT2D eigenvalue weighted by Crippen LogP contribution is 2.10. The van der Waals surface area contributed by atoms with Crippen molar-refractivity contribution in [3.05, 3.63) is 35.4 Å². The van der Waals surface area contributed by atoms with Gasteiger partial charge in [-0.1, -0.05) is 44.0 Å². The van der Waals surface area contributed by atoms with Gasteiger partial charge in [-0.3, -0.25) is 0 Å². The number of aliphatic hydroxyl groups is 1. The van der Waals surface area contributed by atoms with E-state index >= 15 is 0 Å². The van der Waals surface area contributed by atoms with Crippen LogP contribution < -0.4 is 0 Å². The minimum atomic E-state index is 0.315. The van der Waals surface area contributed by atoms with Crippen molar-refractivity contribution in [2.75, 3.05) is 6.61 Å². The molecule has 0 heterocycles. The number of hydrogen-bond donors (Lipinski definition) is 1. The maximum absolute atomic E-state index is 8.71. The van der Waals surface area contributed by atoms with Crippen LogP contribution in [0.3, 0.4) is 0 Å². The van der Waals surface area contributed by atoms with Gasteiger partial charge in [0, 0.05) is 6.61 Å². The summed E-state index contributed by atoms with van der Waals surface area (Å²) in [6.45, 7) is 2.55. The van der Waals surface area contributed by atoms with Gasteiger partial charge in [0.05, 0.1) is 0 Å². The molecule has 0 bridgehead atoms. The summed E-state index contributed by atoms with van der Waals surface area (Å²) in [4.78, 5) is 0. The quantitative estimate of drug-likeness (QED) is 0.662. The Labute approximate surface area is 99.5 Å². The van der Waals surface area contributed by atoms with Crippen molar-refractivity contribution in [1.29, 1.82) is 0 Å². The summed E-state index contributed by atoms with van der Waals surface area (Å²) in [5.41, 5.74) is 2.85. The van der Waals surface area contributed by atoms with Gasteiger partial charge < -0.3 is 5.11 Å². The lowest BCUT2D eigenvalue weighted by molar-refractivity contribution is 0.284. The summed E-state index contributed by atoms with van der Waals surface area (Å²) in [7, 11) is 0. The highest BCUT2D eigenvalue weighted by molar-refractivity contribution is 5.22. The van der Waals surface area contributed by atoms with Crippen LogP contribution in [-0.4, -0.2) is 11.7 Å². The maximum atomic E-state index is 8.71. The van der Waals surface area contributed by atoms with E-state index in [1.807, 2.05) is 0 Å². The van der Waals surface area contributed by atoms with Gasteiger partial charge in [0.15, 0.2) is 0 Å². The molecule has 0 radical (unpaired) electrons. The third-order valence-electron chi connectivity index (χ3n) is 2.97. The highest BCUT2D eigenvalue weighted by Gasteiger charge is 1.95. The first-order chi connectivity index (χ1) is 7.86. The molecule has 0 saturated heterocycles. The van der Waals surface area contributed by atoms with Gasteiger partial charge in [0.25, 0.3) is 0 Å². The van der Waals surface area contributed by atoms with Crippen LogP contribution in [0.2, 0.25) is 0 Å². The van der Waals surface area contributed by atoms with Crippen molar-refractivity contribution in [3.8, 4) is 0 Å². The second-order valence-electron chi connectivity index (χ2n) is 4.45. The molecule has 16 heavy (non-hydrogen) atoms. The summed E-state index contributed by atoms with van der Waals surface area (Å²) in [5.74, 6) is 0. The molecule has 1 nitrogen and oxygen atoms in total. The van der Waals surface area contributed by atoms with E-state index in [9.17, 15) is 0 Å². The maximum Gasteiger partial charge on any atom is 0.0431 e. The van der Waals surface area contributed by atoms with Crippen LogP contribution >= 0.6 is 0 Å². The normalized spacial score (nSPS) is 10.6. The molecule has 0 aromatic heterocycles. The fourth-order valence-electron chi connectivity index (χ4n) is 1.89. The average Bonchev–Trinajstić information content (AvgIpc) is 2.32. The number of aryl methyl sites for hydroxylation is 2. The predicted octanol–water partition coefficient (Wildman–Crippen LogP) is 3.73. The van der Waals surface area contributed by atoms with Gasteiger partial charge in [-0.15, -0.1) is 0 Å². The largest absolute Gasteiger partial charge is 0.396 e. The van der Waals surface area contributed by atoms with Crippen molar-refractivity contribution in [2.24, 2.45) is 0 Å². The van der Waals surface area contributed by atoms with Crippen LogP contribution in [-0.2, 0) is 12.8 Å². The van der Waals surface area contributed by atoms with Crippen LogP contribution in [0.5, 0.6) is 0 Å². The molecule has 1 aromatic rings. The van der Waals surface area contributed by atoms with E-state index in [4.69, 9.17) is 5.11 Å². The lowest BCUT2D eigenvalue weighted by Gasteiger charge is -2.03. The molecule has 0 unspecified atom stereocenters. The number of rotatable bonds is 8. The second-order valence-corrected chi connectivity index (χ2v) is 4.45. The Hall–Kier alpha value is -0.820. The van der Waals surface area contributed by atoms with E-state index in [2.05, 4.69) is 31.2 Å². The molecule has 0 fully saturated rings. The Bertz CT molecular complexity index is 234. The standard InChI is InChI=1S/C15H24O/c1-2-3-4-7-14-9-11-15(12-10-14)8-5-6-13-16/h9-12,16H,2-8,13H2,1H3. The Balaban J connectivity index is 2.30. The number of aliphatic hydroxyl groups excluding tert-OH is 1. The summed E-state index contributed by atoms with van der Waals surface area (Å²) in [6, 6.07) is 8.98. The molecule has 1 rings (SSSR count). The fraction of sp³-hybridized carbons (Fsp3) is 0.600. The topological polar surface area (TPSA) is 20.2 Å². The van der Waals surface area contributed by atoms with Crippen molar-refractivity contribution in [3.63, 3.8) is 0 Å². The van der Waals surface area contributed by atoms with E-state index in [0.29, 0.717) is 6.61 Å². The van der Waals surface area contributed by atoms with Crippen LogP contribution in [0.4, 0.5) is 0 Å². The first-order valence-corrected chi connectivity index (χ1v) is 6.55. The molecule has 0 aliphatic heterocycles. The van der Waals surface area contributed by atoms with Crippen molar-refractivity contribution in [1.82, 2.24) is 0 Å². The number of benzene rings is 1. The first kappa shape index (κ1) is 13.2. The van der Waals surface area contributed by atoms with E-state index in [1.165, 1.54) is 36.8 Å². The van der Waals surface area contributed by atoms with Crippen LogP contribution in [0.25, 0.3) is 0 Å². The van der Waals surface area contributed by atoms with Crippen molar-refractivity contribution < 1.29 is 5.11 Å². The SMILES string of the molecule is CCCCCc1ccc(CCCCO)cc1. The van der Waals surface area contributed by atoms with Gasteiger partial charge in [-0.05, 0) is 43.2 Å². The summed E-state index contributed by atoms with van der Waals surface area (Å²) < 4.78 is 0. The molecule has 0 aliphatic carbocycles. The molecule has 0 saturated carbocycles. The van der Waals surface area contributed by atoms with Gasteiger partial charge in [-0.25, -0.2) is 0 Å². The zero-order valence-electron chi connectivity index (χ0n) is 10.4. The molecule has 1 aromatic carbocycles. The van der Waals surface area contributed by atoms with Gasteiger partial charge in [-0.2, -0.15) is 0 Å². The molecule has 90 valence electrons. The number of hydrogen-bond acceptors (Lipinski definition) is 1. The lowest BCUT2D eigenvalue weighted by Crippen LogP contribution is -1.90. The smallest absolute Gasteiger partial charge is 0.0431 e. The Kier molecular flexibility index (Phi) is 6.91. The van der Waals surface area contributed by atoms with E-state index in [1.54, 1.807) is 0 Å². The first-order valence-electron chi connectivity index (χ1n) is 6.55. The van der Waals surface area contributed by atoms with Gasteiger partial charge in [0.2, 0.25) is 0 Å². The highest BCUT2D eigenvalue weighted by atomic mass is 16.2. The van der Waals surface area contributed by atoms with E-state index in [-0.39, 0.29) is 0 Å². The van der Waals surface area contributed by atoms with Crippen molar-refractivity contribution in [2.45, 2.75) is 51.9 Å². The average molecular weight is 220 g/mol. The second kappa shape index (κ2) is 8.35. The Morgan fingerprint density at radius 2 is 1.31 bits per heavy atom. The summed E-state index contributed by atoms with van der Waals surface area (Å²) in [5, 5.41) is 8.71. The Morgan fingerprint density at radius 1 is 0.812 bits per heavy atom. The van der Waals surface area contributed by atoms with Crippen LogP contribution in [0, 0.1) is 0 Å². The van der Waals surface area contributed by atoms with Crippen molar-refractivity contribution >= 4 is 0 Å². The summed E-state index contributed by atoms with van der Waals surface area (Å²) >= 11 is 0. The third-order valence-corrected chi connectivity index (χ3v) is 2.97.